The average molecular weight is 354 g/mol. The smallest absolute Gasteiger partial charge is 0.251 e. The standard InChI is InChI=1S/C16H22N2O5S/c1-18(10-14-11-22-8-9-23-14)24(20,21)15-6-2-12(3-7-15)16(19)17-13-4-5-13/h2-3,6-7,13-14H,4-5,8-11H2,1H3,(H,17,19)/t14-/m1/s1. The molecule has 3 rings (SSSR count). The van der Waals surface area contributed by atoms with Gasteiger partial charge in [0.1, 0.15) is 0 Å². The summed E-state index contributed by atoms with van der Waals surface area (Å²) in [6, 6.07) is 6.28. The highest BCUT2D eigenvalue weighted by Crippen LogP contribution is 2.20. The number of rotatable bonds is 6. The second-order valence-corrected chi connectivity index (χ2v) is 8.17. The van der Waals surface area contributed by atoms with Gasteiger partial charge in [0.15, 0.2) is 0 Å². The molecule has 1 aliphatic carbocycles. The van der Waals surface area contributed by atoms with Gasteiger partial charge < -0.3 is 14.8 Å². The van der Waals surface area contributed by atoms with Crippen molar-refractivity contribution in [1.82, 2.24) is 9.62 Å². The maximum atomic E-state index is 12.6. The van der Waals surface area contributed by atoms with Gasteiger partial charge in [0.2, 0.25) is 10.0 Å². The Kier molecular flexibility index (Phi) is 5.19. The molecule has 1 saturated heterocycles. The van der Waals surface area contributed by atoms with E-state index >= 15 is 0 Å². The summed E-state index contributed by atoms with van der Waals surface area (Å²) in [5.41, 5.74) is 0.465. The van der Waals surface area contributed by atoms with Gasteiger partial charge in [-0.2, -0.15) is 4.31 Å². The lowest BCUT2D eigenvalue weighted by molar-refractivity contribution is -0.0909. The maximum Gasteiger partial charge on any atom is 0.251 e. The first kappa shape index (κ1) is 17.3. The molecule has 1 aromatic rings. The number of benzene rings is 1. The van der Waals surface area contributed by atoms with Crippen molar-refractivity contribution >= 4 is 15.9 Å². The molecule has 0 aromatic heterocycles. The Hall–Kier alpha value is -1.48. The van der Waals surface area contributed by atoms with Crippen molar-refractivity contribution in [2.24, 2.45) is 0 Å². The van der Waals surface area contributed by atoms with Gasteiger partial charge in [-0.25, -0.2) is 8.42 Å². The van der Waals surface area contributed by atoms with Crippen molar-refractivity contribution in [3.8, 4) is 0 Å². The summed E-state index contributed by atoms with van der Waals surface area (Å²) >= 11 is 0. The largest absolute Gasteiger partial charge is 0.376 e. The molecule has 1 aliphatic heterocycles. The lowest BCUT2D eigenvalue weighted by Crippen LogP contribution is -2.40. The third-order valence-electron chi connectivity index (χ3n) is 4.08. The highest BCUT2D eigenvalue weighted by molar-refractivity contribution is 7.89. The van der Waals surface area contributed by atoms with Crippen molar-refractivity contribution in [1.29, 1.82) is 0 Å². The van der Waals surface area contributed by atoms with E-state index in [1.165, 1.54) is 23.5 Å². The number of hydrogen-bond acceptors (Lipinski definition) is 5. The van der Waals surface area contributed by atoms with E-state index in [-0.39, 0.29) is 29.5 Å². The van der Waals surface area contributed by atoms with Crippen LogP contribution in [0.5, 0.6) is 0 Å². The molecule has 0 radical (unpaired) electrons. The van der Waals surface area contributed by atoms with E-state index in [4.69, 9.17) is 9.47 Å². The number of carbonyl (C=O) groups excluding carboxylic acids is 1. The number of carbonyl (C=O) groups is 1. The molecule has 1 aromatic carbocycles. The zero-order valence-corrected chi connectivity index (χ0v) is 14.4. The number of sulfonamides is 1. The second-order valence-electron chi connectivity index (χ2n) is 6.13. The van der Waals surface area contributed by atoms with Crippen LogP contribution >= 0.6 is 0 Å². The molecule has 1 atom stereocenters. The molecule has 132 valence electrons. The van der Waals surface area contributed by atoms with Crippen LogP contribution in [0.2, 0.25) is 0 Å². The van der Waals surface area contributed by atoms with Crippen LogP contribution in [0.25, 0.3) is 0 Å². The number of hydrogen-bond donors (Lipinski definition) is 1. The molecule has 2 aliphatic rings. The lowest BCUT2D eigenvalue weighted by atomic mass is 10.2. The average Bonchev–Trinajstić information content (AvgIpc) is 3.40. The first-order valence-electron chi connectivity index (χ1n) is 8.03. The summed E-state index contributed by atoms with van der Waals surface area (Å²) in [5.74, 6) is -0.164. The first-order chi connectivity index (χ1) is 11.5. The minimum absolute atomic E-state index is 0.157. The summed E-state index contributed by atoms with van der Waals surface area (Å²) in [7, 11) is -2.11. The maximum absolute atomic E-state index is 12.6. The van der Waals surface area contributed by atoms with Crippen LogP contribution in [0.1, 0.15) is 23.2 Å². The number of likely N-dealkylation sites (N-methyl/N-ethyl adjacent to an activating group) is 1. The molecule has 1 amide bonds. The monoisotopic (exact) mass is 354 g/mol. The Morgan fingerprint density at radius 1 is 1.25 bits per heavy atom. The zero-order chi connectivity index (χ0) is 17.2. The summed E-state index contributed by atoms with van der Waals surface area (Å²) in [6.07, 6.45) is 1.76. The predicted octanol–water partition coefficient (Wildman–Crippen LogP) is 0.615. The normalized spacial score (nSPS) is 21.7. The fourth-order valence-electron chi connectivity index (χ4n) is 2.48. The highest BCUT2D eigenvalue weighted by Gasteiger charge is 2.27. The van der Waals surface area contributed by atoms with Crippen molar-refractivity contribution < 1.29 is 22.7 Å². The quantitative estimate of drug-likeness (QED) is 0.809. The van der Waals surface area contributed by atoms with Gasteiger partial charge in [0.05, 0.1) is 30.8 Å². The van der Waals surface area contributed by atoms with Crippen LogP contribution in [0.15, 0.2) is 29.2 Å². The molecule has 1 N–H and O–H groups in total. The molecule has 24 heavy (non-hydrogen) atoms. The van der Waals surface area contributed by atoms with Crippen molar-refractivity contribution in [3.63, 3.8) is 0 Å². The predicted molar refractivity (Wildman–Crippen MR) is 87.3 cm³/mol. The Morgan fingerprint density at radius 2 is 1.96 bits per heavy atom. The zero-order valence-electron chi connectivity index (χ0n) is 13.6. The van der Waals surface area contributed by atoms with Crippen LogP contribution in [-0.2, 0) is 19.5 Å². The van der Waals surface area contributed by atoms with E-state index in [1.807, 2.05) is 0 Å². The van der Waals surface area contributed by atoms with Gasteiger partial charge in [0, 0.05) is 25.2 Å². The highest BCUT2D eigenvalue weighted by atomic mass is 32.2. The van der Waals surface area contributed by atoms with E-state index in [2.05, 4.69) is 5.32 Å². The molecule has 0 unspecified atom stereocenters. The van der Waals surface area contributed by atoms with Crippen LogP contribution in [0.4, 0.5) is 0 Å². The van der Waals surface area contributed by atoms with Crippen LogP contribution in [0.3, 0.4) is 0 Å². The van der Waals surface area contributed by atoms with Gasteiger partial charge in [-0.05, 0) is 37.1 Å². The Morgan fingerprint density at radius 3 is 2.54 bits per heavy atom. The van der Waals surface area contributed by atoms with Crippen LogP contribution in [0, 0.1) is 0 Å². The van der Waals surface area contributed by atoms with Crippen molar-refractivity contribution in [2.45, 2.75) is 29.9 Å². The number of nitrogens with one attached hydrogen (secondary N) is 1. The summed E-state index contributed by atoms with van der Waals surface area (Å²) in [5, 5.41) is 2.88. The van der Waals surface area contributed by atoms with Crippen LogP contribution in [-0.4, -0.2) is 64.2 Å². The molecular weight excluding hydrogens is 332 g/mol. The molecular formula is C16H22N2O5S. The molecule has 8 heteroatoms. The number of amides is 1. The second kappa shape index (κ2) is 7.18. The fourth-order valence-corrected chi connectivity index (χ4v) is 3.68. The molecule has 7 nitrogen and oxygen atoms in total. The lowest BCUT2D eigenvalue weighted by Gasteiger charge is -2.27. The summed E-state index contributed by atoms with van der Waals surface area (Å²) in [4.78, 5) is 12.1. The van der Waals surface area contributed by atoms with Gasteiger partial charge in [-0.15, -0.1) is 0 Å². The van der Waals surface area contributed by atoms with E-state index < -0.39 is 10.0 Å². The molecule has 1 saturated carbocycles. The van der Waals surface area contributed by atoms with Gasteiger partial charge in [-0.1, -0.05) is 0 Å². The SMILES string of the molecule is CN(C[C@@H]1COCCO1)S(=O)(=O)c1ccc(C(=O)NC2CC2)cc1. The fraction of sp³-hybridized carbons (Fsp3) is 0.562. The van der Waals surface area contributed by atoms with E-state index in [1.54, 1.807) is 12.1 Å². The Balaban J connectivity index is 1.65. The van der Waals surface area contributed by atoms with Crippen LogP contribution < -0.4 is 5.32 Å². The van der Waals surface area contributed by atoms with Gasteiger partial charge >= 0.3 is 0 Å². The third kappa shape index (κ3) is 4.13. The third-order valence-corrected chi connectivity index (χ3v) is 5.92. The van der Waals surface area contributed by atoms with E-state index in [0.717, 1.165) is 12.8 Å². The molecule has 2 fully saturated rings. The van der Waals surface area contributed by atoms with Gasteiger partial charge in [0.25, 0.3) is 5.91 Å². The van der Waals surface area contributed by atoms with Gasteiger partial charge in [-0.3, -0.25) is 4.79 Å². The summed E-state index contributed by atoms with van der Waals surface area (Å²) in [6.45, 7) is 1.63. The van der Waals surface area contributed by atoms with E-state index in [9.17, 15) is 13.2 Å². The van der Waals surface area contributed by atoms with Crippen molar-refractivity contribution in [2.75, 3.05) is 33.4 Å². The minimum Gasteiger partial charge on any atom is -0.376 e. The Bertz CT molecular complexity index is 679. The number of ether oxygens (including phenoxy) is 2. The van der Waals surface area contributed by atoms with Crippen molar-refractivity contribution in [3.05, 3.63) is 29.8 Å². The minimum atomic E-state index is -3.63. The molecule has 0 bridgehead atoms. The Labute approximate surface area is 142 Å². The van der Waals surface area contributed by atoms with E-state index in [0.29, 0.717) is 25.4 Å². The topological polar surface area (TPSA) is 84.9 Å². The number of nitrogens with zero attached hydrogens (tertiary/aromatic N) is 1. The molecule has 0 spiro atoms. The molecule has 1 heterocycles. The summed E-state index contributed by atoms with van der Waals surface area (Å²) < 4.78 is 37.2. The first-order valence-corrected chi connectivity index (χ1v) is 9.47.